The minimum Gasteiger partial charge on any atom is -0.380 e. The molecule has 1 aliphatic rings. The topological polar surface area (TPSA) is 20.2 Å². The molecule has 0 heterocycles. The van der Waals surface area contributed by atoms with Crippen molar-refractivity contribution < 1.29 is 5.11 Å². The molecule has 2 aromatic rings. The maximum atomic E-state index is 11.2. The Morgan fingerprint density at radius 3 is 1.84 bits per heavy atom. The Morgan fingerprint density at radius 1 is 0.947 bits per heavy atom. The van der Waals surface area contributed by atoms with Gasteiger partial charge in [0.05, 0.1) is 0 Å². The van der Waals surface area contributed by atoms with Crippen molar-refractivity contribution in [3.8, 4) is 0 Å². The molecule has 0 aliphatic heterocycles. The van der Waals surface area contributed by atoms with Crippen molar-refractivity contribution >= 4 is 5.57 Å². The number of rotatable bonds is 1. The predicted molar refractivity (Wildman–Crippen MR) is 78.9 cm³/mol. The molecule has 0 saturated heterocycles. The van der Waals surface area contributed by atoms with Crippen LogP contribution in [0, 0.1) is 0 Å². The Labute approximate surface area is 114 Å². The molecule has 3 rings (SSSR count). The van der Waals surface area contributed by atoms with Crippen LogP contribution in [-0.2, 0) is 5.60 Å². The van der Waals surface area contributed by atoms with Gasteiger partial charge in [0.15, 0.2) is 0 Å². The van der Waals surface area contributed by atoms with Gasteiger partial charge in [0.25, 0.3) is 0 Å². The molecule has 1 aliphatic carbocycles. The number of hydrogen-bond donors (Lipinski definition) is 1. The van der Waals surface area contributed by atoms with E-state index in [0.29, 0.717) is 6.42 Å². The fourth-order valence-electron chi connectivity index (χ4n) is 3.14. The second-order valence-corrected chi connectivity index (χ2v) is 5.01. The monoisotopic (exact) mass is 250 g/mol. The van der Waals surface area contributed by atoms with E-state index in [1.54, 1.807) is 0 Å². The molecule has 0 amide bonds. The molecule has 1 N–H and O–H groups in total. The first-order valence-electron chi connectivity index (χ1n) is 6.80. The number of allylic oxidation sites excluding steroid dienone is 1. The van der Waals surface area contributed by atoms with Crippen LogP contribution in [0.25, 0.3) is 5.57 Å². The van der Waals surface area contributed by atoms with Gasteiger partial charge in [0.2, 0.25) is 0 Å². The van der Waals surface area contributed by atoms with Crippen molar-refractivity contribution in [3.05, 3.63) is 76.9 Å². The normalized spacial score (nSPS) is 20.7. The highest BCUT2D eigenvalue weighted by Crippen LogP contribution is 2.46. The fraction of sp³-hybridized carbons (Fsp3) is 0.222. The fourth-order valence-corrected chi connectivity index (χ4v) is 3.14. The van der Waals surface area contributed by atoms with Crippen LogP contribution in [0.1, 0.15) is 42.5 Å². The molecular formula is C18H18O. The summed E-state index contributed by atoms with van der Waals surface area (Å²) in [7, 11) is 0. The van der Waals surface area contributed by atoms with E-state index in [0.717, 1.165) is 22.3 Å². The van der Waals surface area contributed by atoms with Crippen molar-refractivity contribution in [1.82, 2.24) is 0 Å². The van der Waals surface area contributed by atoms with Gasteiger partial charge in [-0.25, -0.2) is 0 Å². The summed E-state index contributed by atoms with van der Waals surface area (Å²) in [6.07, 6.45) is 2.81. The molecule has 1 heteroatoms. The Hall–Kier alpha value is -1.86. The summed E-state index contributed by atoms with van der Waals surface area (Å²) in [5, 5.41) is 11.2. The Morgan fingerprint density at radius 2 is 1.42 bits per heavy atom. The first kappa shape index (κ1) is 12.2. The quantitative estimate of drug-likeness (QED) is 0.808. The minimum atomic E-state index is -0.875. The molecule has 96 valence electrons. The Balaban J connectivity index is 2.40. The summed E-state index contributed by atoms with van der Waals surface area (Å²) in [6.45, 7) is 4.09. The van der Waals surface area contributed by atoms with Gasteiger partial charge in [-0.2, -0.15) is 0 Å². The first-order chi connectivity index (χ1) is 9.22. The highest BCUT2D eigenvalue weighted by molar-refractivity contribution is 5.87. The van der Waals surface area contributed by atoms with E-state index >= 15 is 0 Å². The summed E-state index contributed by atoms with van der Waals surface area (Å²) in [4.78, 5) is 0. The van der Waals surface area contributed by atoms with Crippen molar-refractivity contribution in [1.29, 1.82) is 0 Å². The largest absolute Gasteiger partial charge is 0.380 e. The maximum absolute atomic E-state index is 11.2. The van der Waals surface area contributed by atoms with Gasteiger partial charge < -0.3 is 5.11 Å². The van der Waals surface area contributed by atoms with E-state index in [1.165, 1.54) is 5.57 Å². The van der Waals surface area contributed by atoms with Crippen molar-refractivity contribution in [2.24, 2.45) is 0 Å². The van der Waals surface area contributed by atoms with Crippen LogP contribution in [0.4, 0.5) is 0 Å². The zero-order chi connectivity index (χ0) is 13.5. The van der Waals surface area contributed by atoms with Gasteiger partial charge in [0, 0.05) is 0 Å². The maximum Gasteiger partial charge on any atom is 0.116 e. The number of benzene rings is 2. The van der Waals surface area contributed by atoms with Crippen LogP contribution in [0.15, 0.2) is 54.6 Å². The third-order valence-electron chi connectivity index (χ3n) is 4.13. The molecule has 0 unspecified atom stereocenters. The van der Waals surface area contributed by atoms with Crippen molar-refractivity contribution in [2.75, 3.05) is 0 Å². The molecule has 0 bridgehead atoms. The zero-order valence-corrected chi connectivity index (χ0v) is 11.4. The Kier molecular flexibility index (Phi) is 2.79. The first-order valence-corrected chi connectivity index (χ1v) is 6.80. The van der Waals surface area contributed by atoms with Gasteiger partial charge >= 0.3 is 0 Å². The van der Waals surface area contributed by atoms with Crippen LogP contribution < -0.4 is 0 Å². The van der Waals surface area contributed by atoms with Crippen LogP contribution in [0.5, 0.6) is 0 Å². The summed E-state index contributed by atoms with van der Waals surface area (Å²) in [5.74, 6) is 0. The molecule has 0 spiro atoms. The molecule has 0 atom stereocenters. The third-order valence-corrected chi connectivity index (χ3v) is 4.13. The van der Waals surface area contributed by atoms with Crippen LogP contribution in [-0.4, -0.2) is 5.11 Å². The molecule has 1 nitrogen and oxygen atoms in total. The lowest BCUT2D eigenvalue weighted by molar-refractivity contribution is 0.0747. The zero-order valence-electron chi connectivity index (χ0n) is 11.4. The average Bonchev–Trinajstić information content (AvgIpc) is 2.48. The summed E-state index contributed by atoms with van der Waals surface area (Å²) < 4.78 is 0. The molecule has 0 aromatic heterocycles. The van der Waals surface area contributed by atoms with E-state index in [2.05, 4.69) is 25.1 Å². The second kappa shape index (κ2) is 4.36. The van der Waals surface area contributed by atoms with Gasteiger partial charge in [-0.05, 0) is 41.2 Å². The number of aliphatic hydroxyl groups is 1. The lowest BCUT2D eigenvalue weighted by Crippen LogP contribution is -2.32. The van der Waals surface area contributed by atoms with E-state index in [1.807, 2.05) is 43.3 Å². The van der Waals surface area contributed by atoms with E-state index in [9.17, 15) is 5.11 Å². The highest BCUT2D eigenvalue weighted by Gasteiger charge is 2.38. The van der Waals surface area contributed by atoms with Crippen molar-refractivity contribution in [3.63, 3.8) is 0 Å². The minimum absolute atomic E-state index is 0.679. The SMILES string of the molecule is CC=C1c2ccccc2C(O)(CC)c2ccccc21. The smallest absolute Gasteiger partial charge is 0.116 e. The summed E-state index contributed by atoms with van der Waals surface area (Å²) >= 11 is 0. The molecular weight excluding hydrogens is 232 g/mol. The number of fused-ring (bicyclic) bond motifs is 2. The Bertz CT molecular complexity index is 603. The molecule has 19 heavy (non-hydrogen) atoms. The lowest BCUT2D eigenvalue weighted by Gasteiger charge is -2.37. The average molecular weight is 250 g/mol. The van der Waals surface area contributed by atoms with Crippen LogP contribution >= 0.6 is 0 Å². The van der Waals surface area contributed by atoms with Gasteiger partial charge in [-0.15, -0.1) is 0 Å². The second-order valence-electron chi connectivity index (χ2n) is 5.01. The lowest BCUT2D eigenvalue weighted by atomic mass is 9.71. The van der Waals surface area contributed by atoms with Gasteiger partial charge in [-0.1, -0.05) is 61.5 Å². The summed E-state index contributed by atoms with van der Waals surface area (Å²) in [6, 6.07) is 16.3. The van der Waals surface area contributed by atoms with Crippen molar-refractivity contribution in [2.45, 2.75) is 25.9 Å². The molecule has 0 fully saturated rings. The van der Waals surface area contributed by atoms with Crippen LogP contribution in [0.3, 0.4) is 0 Å². The van der Waals surface area contributed by atoms with E-state index < -0.39 is 5.60 Å². The predicted octanol–water partition coefficient (Wildman–Crippen LogP) is 4.10. The highest BCUT2D eigenvalue weighted by atomic mass is 16.3. The van der Waals surface area contributed by atoms with E-state index in [-0.39, 0.29) is 0 Å². The standard InChI is InChI=1S/C18H18O/c1-3-13-14-9-5-7-11-16(14)18(19,4-2)17-12-8-6-10-15(13)17/h3,5-12,19H,4H2,1-2H3. The van der Waals surface area contributed by atoms with Crippen LogP contribution in [0.2, 0.25) is 0 Å². The summed E-state index contributed by atoms with van der Waals surface area (Å²) in [5.41, 5.74) is 4.67. The molecule has 2 aromatic carbocycles. The van der Waals surface area contributed by atoms with Gasteiger partial charge in [-0.3, -0.25) is 0 Å². The third kappa shape index (κ3) is 1.58. The number of hydrogen-bond acceptors (Lipinski definition) is 1. The molecule has 0 radical (unpaired) electrons. The molecule has 0 saturated carbocycles. The van der Waals surface area contributed by atoms with Gasteiger partial charge in [0.1, 0.15) is 5.60 Å². The van der Waals surface area contributed by atoms with E-state index in [4.69, 9.17) is 0 Å².